The van der Waals surface area contributed by atoms with Crippen molar-refractivity contribution in [3.8, 4) is 5.75 Å². The van der Waals surface area contributed by atoms with E-state index in [4.69, 9.17) is 17.0 Å². The van der Waals surface area contributed by atoms with Crippen LogP contribution in [0.2, 0.25) is 0 Å². The monoisotopic (exact) mass is 249 g/mol. The first-order valence-corrected chi connectivity index (χ1v) is 5.69. The number of H-pyrrole nitrogens is 1. The van der Waals surface area contributed by atoms with E-state index in [1.54, 1.807) is 0 Å². The first-order chi connectivity index (χ1) is 7.74. The number of hydrogen-bond donors (Lipinski definition) is 2. The van der Waals surface area contributed by atoms with E-state index in [0.29, 0.717) is 6.61 Å². The van der Waals surface area contributed by atoms with Crippen molar-refractivity contribution in [3.63, 3.8) is 0 Å². The zero-order chi connectivity index (χ0) is 11.4. The van der Waals surface area contributed by atoms with E-state index >= 15 is 0 Å². The average Bonchev–Trinajstić information content (AvgIpc) is 2.30. The van der Waals surface area contributed by atoms with Crippen molar-refractivity contribution in [3.05, 3.63) is 52.8 Å². The van der Waals surface area contributed by atoms with Gasteiger partial charge in [-0.3, -0.25) is 0 Å². The highest BCUT2D eigenvalue weighted by atomic mass is 32.1. The molecule has 0 spiro atoms. The van der Waals surface area contributed by atoms with E-state index in [9.17, 15) is 0 Å². The summed E-state index contributed by atoms with van der Waals surface area (Å²) in [4.78, 5) is 3.89. The number of nitrogens with one attached hydrogen (secondary N) is 1. The smallest absolute Gasteiger partial charge is 0.119 e. The Hall–Kier alpha value is -1.26. The predicted molar refractivity (Wildman–Crippen MR) is 69.7 cm³/mol. The lowest BCUT2D eigenvalue weighted by Gasteiger charge is -2.05. The maximum atomic E-state index is 5.60. The van der Waals surface area contributed by atoms with Crippen molar-refractivity contribution >= 4 is 24.8 Å². The minimum Gasteiger partial charge on any atom is -0.489 e. The van der Waals surface area contributed by atoms with E-state index < -0.39 is 0 Å². The maximum Gasteiger partial charge on any atom is 0.119 e. The summed E-state index contributed by atoms with van der Waals surface area (Å²) in [5.41, 5.74) is 1.06. The van der Waals surface area contributed by atoms with E-state index in [1.165, 1.54) is 0 Å². The number of hydrogen-bond acceptors (Lipinski definition) is 3. The summed E-state index contributed by atoms with van der Waals surface area (Å²) >= 11 is 9.17. The Balaban J connectivity index is 1.99. The van der Waals surface area contributed by atoms with Crippen molar-refractivity contribution in [1.82, 2.24) is 4.98 Å². The summed E-state index contributed by atoms with van der Waals surface area (Å²) in [7, 11) is 0. The standard InChI is InChI=1S/C12H11NOS2/c15-11-4-2-10(3-5-11)14-8-9-1-6-12(16)13-7-9/h1-7,15H,8H2,(H,13,16). The van der Waals surface area contributed by atoms with Gasteiger partial charge in [0, 0.05) is 16.7 Å². The SMILES string of the molecule is S=c1ccc(COc2ccc(S)cc2)c[nH]1. The number of ether oxygens (including phenoxy) is 1. The normalized spacial score (nSPS) is 10.1. The largest absolute Gasteiger partial charge is 0.489 e. The Morgan fingerprint density at radius 2 is 1.88 bits per heavy atom. The van der Waals surface area contributed by atoms with Crippen LogP contribution >= 0.6 is 24.8 Å². The molecule has 1 heterocycles. The average molecular weight is 249 g/mol. The lowest BCUT2D eigenvalue weighted by molar-refractivity contribution is 0.305. The van der Waals surface area contributed by atoms with Crippen LogP contribution in [0.25, 0.3) is 0 Å². The molecule has 4 heteroatoms. The number of pyridine rings is 1. The fourth-order valence-electron chi connectivity index (χ4n) is 1.24. The second-order valence-corrected chi connectivity index (χ2v) is 4.30. The van der Waals surface area contributed by atoms with Gasteiger partial charge in [-0.25, -0.2) is 0 Å². The van der Waals surface area contributed by atoms with Crippen LogP contribution in [-0.4, -0.2) is 4.98 Å². The molecule has 0 atom stereocenters. The third-order valence-corrected chi connectivity index (χ3v) is 2.64. The molecule has 0 bridgehead atoms. The second-order valence-electron chi connectivity index (χ2n) is 3.34. The molecule has 0 saturated carbocycles. The van der Waals surface area contributed by atoms with Gasteiger partial charge in [0.2, 0.25) is 0 Å². The molecule has 0 amide bonds. The molecule has 1 N–H and O–H groups in total. The molecular weight excluding hydrogens is 238 g/mol. The topological polar surface area (TPSA) is 25.0 Å². The van der Waals surface area contributed by atoms with Crippen LogP contribution in [0, 0.1) is 4.64 Å². The van der Waals surface area contributed by atoms with Crippen LogP contribution in [0.3, 0.4) is 0 Å². The molecule has 82 valence electrons. The van der Waals surface area contributed by atoms with Gasteiger partial charge in [0.05, 0.1) is 0 Å². The molecule has 0 saturated heterocycles. The van der Waals surface area contributed by atoms with Gasteiger partial charge in [-0.15, -0.1) is 12.6 Å². The summed E-state index contributed by atoms with van der Waals surface area (Å²) in [5.74, 6) is 0.834. The van der Waals surface area contributed by atoms with Gasteiger partial charge < -0.3 is 9.72 Å². The van der Waals surface area contributed by atoms with Gasteiger partial charge in [-0.2, -0.15) is 0 Å². The van der Waals surface area contributed by atoms with Gasteiger partial charge in [0.1, 0.15) is 17.0 Å². The van der Waals surface area contributed by atoms with Crippen molar-refractivity contribution in [2.45, 2.75) is 11.5 Å². The summed E-state index contributed by atoms with van der Waals surface area (Å²) in [5, 5.41) is 0. The molecular formula is C12H11NOS2. The summed E-state index contributed by atoms with van der Waals surface area (Å²) < 4.78 is 6.32. The molecule has 0 aliphatic rings. The quantitative estimate of drug-likeness (QED) is 0.641. The lowest BCUT2D eigenvalue weighted by atomic mass is 10.3. The van der Waals surface area contributed by atoms with Crippen LogP contribution in [0.1, 0.15) is 5.56 Å². The number of thiol groups is 1. The lowest BCUT2D eigenvalue weighted by Crippen LogP contribution is -1.95. The fourth-order valence-corrected chi connectivity index (χ4v) is 1.52. The highest BCUT2D eigenvalue weighted by Gasteiger charge is 1.95. The van der Waals surface area contributed by atoms with E-state index in [0.717, 1.165) is 20.8 Å². The molecule has 1 aromatic carbocycles. The molecule has 2 nitrogen and oxygen atoms in total. The molecule has 0 unspecified atom stereocenters. The van der Waals surface area contributed by atoms with E-state index in [2.05, 4.69) is 17.6 Å². The third kappa shape index (κ3) is 3.12. The Labute approximate surface area is 105 Å². The molecule has 0 aliphatic heterocycles. The van der Waals surface area contributed by atoms with Crippen LogP contribution in [0.15, 0.2) is 47.5 Å². The molecule has 0 radical (unpaired) electrons. The van der Waals surface area contributed by atoms with Gasteiger partial charge in [0.25, 0.3) is 0 Å². The number of aromatic amines is 1. The van der Waals surface area contributed by atoms with Crippen LogP contribution in [-0.2, 0) is 6.61 Å². The molecule has 0 fully saturated rings. The van der Waals surface area contributed by atoms with Crippen molar-refractivity contribution in [2.24, 2.45) is 0 Å². The van der Waals surface area contributed by atoms with Gasteiger partial charge in [0.15, 0.2) is 0 Å². The summed E-state index contributed by atoms with van der Waals surface area (Å²) in [6.07, 6.45) is 1.86. The van der Waals surface area contributed by atoms with Crippen molar-refractivity contribution < 1.29 is 4.74 Å². The minimum absolute atomic E-state index is 0.526. The number of rotatable bonds is 3. The van der Waals surface area contributed by atoms with E-state index in [1.807, 2.05) is 42.6 Å². The van der Waals surface area contributed by atoms with Gasteiger partial charge >= 0.3 is 0 Å². The molecule has 2 aromatic rings. The Morgan fingerprint density at radius 1 is 1.12 bits per heavy atom. The van der Waals surface area contributed by atoms with E-state index in [-0.39, 0.29) is 0 Å². The number of benzene rings is 1. The Bertz CT molecular complexity index is 499. The molecule has 0 aliphatic carbocycles. The maximum absolute atomic E-state index is 5.60. The number of aromatic nitrogens is 1. The third-order valence-electron chi connectivity index (χ3n) is 2.09. The first kappa shape index (κ1) is 11.2. The van der Waals surface area contributed by atoms with Crippen LogP contribution in [0.4, 0.5) is 0 Å². The second kappa shape index (κ2) is 5.18. The molecule has 2 rings (SSSR count). The summed E-state index contributed by atoms with van der Waals surface area (Å²) in [6, 6.07) is 11.4. The zero-order valence-electron chi connectivity index (χ0n) is 8.51. The molecule has 1 aromatic heterocycles. The van der Waals surface area contributed by atoms with Crippen molar-refractivity contribution in [1.29, 1.82) is 0 Å². The molecule has 16 heavy (non-hydrogen) atoms. The van der Waals surface area contributed by atoms with Crippen molar-refractivity contribution in [2.75, 3.05) is 0 Å². The van der Waals surface area contributed by atoms with Gasteiger partial charge in [-0.1, -0.05) is 18.3 Å². The minimum atomic E-state index is 0.526. The highest BCUT2D eigenvalue weighted by Crippen LogP contribution is 2.15. The van der Waals surface area contributed by atoms with Crippen LogP contribution in [0.5, 0.6) is 5.75 Å². The first-order valence-electron chi connectivity index (χ1n) is 4.83. The summed E-state index contributed by atoms with van der Waals surface area (Å²) in [6.45, 7) is 0.526. The highest BCUT2D eigenvalue weighted by molar-refractivity contribution is 7.80. The van der Waals surface area contributed by atoms with Crippen LogP contribution < -0.4 is 4.74 Å². The Kier molecular flexibility index (Phi) is 3.64. The Morgan fingerprint density at radius 3 is 2.50 bits per heavy atom. The zero-order valence-corrected chi connectivity index (χ0v) is 10.2. The van der Waals surface area contributed by atoms with Gasteiger partial charge in [-0.05, 0) is 30.3 Å². The predicted octanol–water partition coefficient (Wildman–Crippen LogP) is 3.61. The fraction of sp³-hybridized carbons (Fsp3) is 0.0833.